The standard InChI is InChI=1S/C17H21N3O3S2/c1-10-2-3-11-12(8-10)25-16-14(11)15(22)18-17(19-16)24-9-13(21)20-4-6-23-7-5-20/h10H,2-9H2,1H3,(H,18,19,22). The van der Waals surface area contributed by atoms with Gasteiger partial charge in [0.25, 0.3) is 5.56 Å². The lowest BCUT2D eigenvalue weighted by Crippen LogP contribution is -2.41. The van der Waals surface area contributed by atoms with Crippen LogP contribution in [0.2, 0.25) is 0 Å². The second kappa shape index (κ2) is 7.09. The van der Waals surface area contributed by atoms with Crippen molar-refractivity contribution >= 4 is 39.2 Å². The molecule has 1 unspecified atom stereocenters. The summed E-state index contributed by atoms with van der Waals surface area (Å²) in [5.74, 6) is 1.02. The molecule has 1 fully saturated rings. The predicted octanol–water partition coefficient (Wildman–Crippen LogP) is 2.06. The third-order valence-corrected chi connectivity index (χ3v) is 6.85. The Kier molecular flexibility index (Phi) is 4.84. The number of nitrogens with zero attached hydrogens (tertiary/aromatic N) is 2. The van der Waals surface area contributed by atoms with E-state index in [-0.39, 0.29) is 17.2 Å². The van der Waals surface area contributed by atoms with E-state index in [1.54, 1.807) is 16.2 Å². The average molecular weight is 380 g/mol. The largest absolute Gasteiger partial charge is 0.378 e. The van der Waals surface area contributed by atoms with Gasteiger partial charge in [-0.15, -0.1) is 11.3 Å². The van der Waals surface area contributed by atoms with Crippen molar-refractivity contribution in [2.24, 2.45) is 5.92 Å². The maximum atomic E-state index is 12.5. The van der Waals surface area contributed by atoms with E-state index in [1.165, 1.54) is 22.2 Å². The van der Waals surface area contributed by atoms with Crippen molar-refractivity contribution in [3.63, 3.8) is 0 Å². The summed E-state index contributed by atoms with van der Waals surface area (Å²) in [5, 5.41) is 1.29. The molecule has 8 heteroatoms. The molecule has 1 amide bonds. The first kappa shape index (κ1) is 17.1. The molecule has 1 N–H and O–H groups in total. The molecule has 2 aromatic rings. The van der Waals surface area contributed by atoms with E-state index >= 15 is 0 Å². The van der Waals surface area contributed by atoms with E-state index in [9.17, 15) is 9.59 Å². The summed E-state index contributed by atoms with van der Waals surface area (Å²) in [5.41, 5.74) is 1.12. The molecule has 3 heterocycles. The molecule has 0 aromatic carbocycles. The number of carbonyl (C=O) groups is 1. The third kappa shape index (κ3) is 3.47. The van der Waals surface area contributed by atoms with Gasteiger partial charge in [0, 0.05) is 18.0 Å². The first-order chi connectivity index (χ1) is 12.1. The van der Waals surface area contributed by atoms with Gasteiger partial charge in [0.2, 0.25) is 5.91 Å². The summed E-state index contributed by atoms with van der Waals surface area (Å²) >= 11 is 2.94. The predicted molar refractivity (Wildman–Crippen MR) is 99.6 cm³/mol. The van der Waals surface area contributed by atoms with Crippen molar-refractivity contribution in [2.75, 3.05) is 32.1 Å². The average Bonchev–Trinajstić information content (AvgIpc) is 2.98. The van der Waals surface area contributed by atoms with Gasteiger partial charge in [0.1, 0.15) is 4.83 Å². The highest BCUT2D eigenvalue weighted by atomic mass is 32.2. The minimum atomic E-state index is -0.0709. The van der Waals surface area contributed by atoms with Crippen LogP contribution in [-0.2, 0) is 22.4 Å². The number of aromatic amines is 1. The fourth-order valence-electron chi connectivity index (χ4n) is 3.43. The van der Waals surface area contributed by atoms with Crippen molar-refractivity contribution in [1.82, 2.24) is 14.9 Å². The van der Waals surface area contributed by atoms with E-state index in [1.807, 2.05) is 0 Å². The molecular weight excluding hydrogens is 358 g/mol. The molecule has 4 rings (SSSR count). The van der Waals surface area contributed by atoms with Crippen LogP contribution in [0.4, 0.5) is 0 Å². The Morgan fingerprint density at radius 3 is 3.04 bits per heavy atom. The first-order valence-corrected chi connectivity index (χ1v) is 10.4. The molecule has 0 bridgehead atoms. The molecule has 1 aliphatic heterocycles. The number of aryl methyl sites for hydroxylation is 1. The van der Waals surface area contributed by atoms with Gasteiger partial charge in [0.05, 0.1) is 24.4 Å². The van der Waals surface area contributed by atoms with Crippen molar-refractivity contribution < 1.29 is 9.53 Å². The number of thiophene rings is 1. The Labute approximate surface area is 154 Å². The van der Waals surface area contributed by atoms with Crippen LogP contribution in [0, 0.1) is 5.92 Å². The zero-order valence-electron chi connectivity index (χ0n) is 14.2. The van der Waals surface area contributed by atoms with Gasteiger partial charge in [0.15, 0.2) is 5.16 Å². The number of aromatic nitrogens is 2. The van der Waals surface area contributed by atoms with Crippen LogP contribution in [0.1, 0.15) is 23.8 Å². The molecule has 1 atom stereocenters. The summed E-state index contributed by atoms with van der Waals surface area (Å²) in [6.45, 7) is 4.72. The molecule has 0 saturated carbocycles. The van der Waals surface area contributed by atoms with E-state index in [0.717, 1.165) is 29.5 Å². The molecule has 6 nitrogen and oxygen atoms in total. The van der Waals surface area contributed by atoms with Gasteiger partial charge in [-0.3, -0.25) is 9.59 Å². The van der Waals surface area contributed by atoms with Gasteiger partial charge in [-0.1, -0.05) is 18.7 Å². The van der Waals surface area contributed by atoms with Crippen LogP contribution in [0.3, 0.4) is 0 Å². The van der Waals surface area contributed by atoms with E-state index in [2.05, 4.69) is 16.9 Å². The molecule has 0 spiro atoms. The Bertz CT molecular complexity index is 855. The van der Waals surface area contributed by atoms with Crippen molar-refractivity contribution in [2.45, 2.75) is 31.3 Å². The SMILES string of the molecule is CC1CCc2c(sc3nc(SCC(=O)N4CCOCC4)[nH]c(=O)c23)C1. The summed E-state index contributed by atoms with van der Waals surface area (Å²) in [6, 6.07) is 0. The Morgan fingerprint density at radius 1 is 1.44 bits per heavy atom. The van der Waals surface area contributed by atoms with Crippen LogP contribution in [0.15, 0.2) is 9.95 Å². The zero-order chi connectivity index (χ0) is 17.4. The molecule has 1 aliphatic carbocycles. The smallest absolute Gasteiger partial charge is 0.260 e. The van der Waals surface area contributed by atoms with Gasteiger partial charge < -0.3 is 14.6 Å². The number of H-pyrrole nitrogens is 1. The van der Waals surface area contributed by atoms with Crippen LogP contribution in [0.25, 0.3) is 10.2 Å². The van der Waals surface area contributed by atoms with Crippen LogP contribution in [0.5, 0.6) is 0 Å². The number of ether oxygens (including phenoxy) is 1. The lowest BCUT2D eigenvalue weighted by atomic mass is 9.89. The number of hydrogen-bond acceptors (Lipinski definition) is 6. The Morgan fingerprint density at radius 2 is 2.24 bits per heavy atom. The normalized spacial score (nSPS) is 20.7. The molecule has 25 heavy (non-hydrogen) atoms. The van der Waals surface area contributed by atoms with Crippen molar-refractivity contribution in [1.29, 1.82) is 0 Å². The highest BCUT2D eigenvalue weighted by Gasteiger charge is 2.23. The van der Waals surface area contributed by atoms with E-state index in [4.69, 9.17) is 4.74 Å². The van der Waals surface area contributed by atoms with Gasteiger partial charge in [-0.2, -0.15) is 0 Å². The first-order valence-electron chi connectivity index (χ1n) is 8.64. The summed E-state index contributed by atoms with van der Waals surface area (Å²) in [6.07, 6.45) is 3.12. The van der Waals surface area contributed by atoms with E-state index in [0.29, 0.717) is 37.4 Å². The lowest BCUT2D eigenvalue weighted by Gasteiger charge is -2.26. The fourth-order valence-corrected chi connectivity index (χ4v) is 5.64. The fraction of sp³-hybridized carbons (Fsp3) is 0.588. The molecule has 134 valence electrons. The monoisotopic (exact) mass is 379 g/mol. The number of hydrogen-bond donors (Lipinski definition) is 1. The van der Waals surface area contributed by atoms with Crippen LogP contribution >= 0.6 is 23.1 Å². The van der Waals surface area contributed by atoms with Crippen LogP contribution in [-0.4, -0.2) is 52.8 Å². The molecule has 2 aliphatic rings. The quantitative estimate of drug-likeness (QED) is 0.653. The number of thioether (sulfide) groups is 1. The minimum absolute atomic E-state index is 0.0651. The topological polar surface area (TPSA) is 75.3 Å². The maximum absolute atomic E-state index is 12.5. The summed E-state index contributed by atoms with van der Waals surface area (Å²) in [4.78, 5) is 36.2. The molecule has 1 saturated heterocycles. The lowest BCUT2D eigenvalue weighted by molar-refractivity contribution is -0.132. The van der Waals surface area contributed by atoms with Crippen molar-refractivity contribution in [3.05, 3.63) is 20.8 Å². The number of amides is 1. The molecule has 2 aromatic heterocycles. The summed E-state index contributed by atoms with van der Waals surface area (Å²) in [7, 11) is 0. The van der Waals surface area contributed by atoms with Gasteiger partial charge >= 0.3 is 0 Å². The molecule has 0 radical (unpaired) electrons. The Balaban J connectivity index is 1.53. The highest BCUT2D eigenvalue weighted by Crippen LogP contribution is 2.36. The van der Waals surface area contributed by atoms with Crippen LogP contribution < -0.4 is 5.56 Å². The van der Waals surface area contributed by atoms with Crippen molar-refractivity contribution in [3.8, 4) is 0 Å². The second-order valence-electron chi connectivity index (χ2n) is 6.68. The highest BCUT2D eigenvalue weighted by molar-refractivity contribution is 7.99. The molecular formula is C17H21N3O3S2. The summed E-state index contributed by atoms with van der Waals surface area (Å²) < 4.78 is 5.26. The van der Waals surface area contributed by atoms with E-state index < -0.39 is 0 Å². The number of nitrogens with one attached hydrogen (secondary N) is 1. The number of morpholine rings is 1. The third-order valence-electron chi connectivity index (χ3n) is 4.84. The number of rotatable bonds is 3. The van der Waals surface area contributed by atoms with Gasteiger partial charge in [-0.25, -0.2) is 4.98 Å². The van der Waals surface area contributed by atoms with Gasteiger partial charge in [-0.05, 0) is 30.7 Å². The zero-order valence-corrected chi connectivity index (χ0v) is 15.8. The maximum Gasteiger partial charge on any atom is 0.260 e. The number of carbonyl (C=O) groups excluding carboxylic acids is 1. The minimum Gasteiger partial charge on any atom is -0.378 e. The second-order valence-corrected chi connectivity index (χ2v) is 8.73. The Hall–Kier alpha value is -1.38. The number of fused-ring (bicyclic) bond motifs is 3.